The molecule has 0 saturated carbocycles. The monoisotopic (exact) mass is 176 g/mol. The lowest BCUT2D eigenvalue weighted by Crippen LogP contribution is -2.21. The van der Waals surface area contributed by atoms with E-state index in [2.05, 4.69) is 0 Å². The van der Waals surface area contributed by atoms with Crippen molar-refractivity contribution in [2.24, 2.45) is 7.05 Å². The Hall–Kier alpha value is -1.03. The van der Waals surface area contributed by atoms with Gasteiger partial charge in [0.2, 0.25) is 5.95 Å². The van der Waals surface area contributed by atoms with E-state index in [1.54, 1.807) is 0 Å². The molecule has 5 heteroatoms. The topological polar surface area (TPSA) is 48.0 Å². The van der Waals surface area contributed by atoms with Crippen LogP contribution in [0.3, 0.4) is 0 Å². The van der Waals surface area contributed by atoms with E-state index in [9.17, 15) is 9.18 Å². The second kappa shape index (κ2) is 2.54. The average molecular weight is 177 g/mol. The van der Waals surface area contributed by atoms with Gasteiger partial charge in [-0.2, -0.15) is 4.39 Å². The molecule has 1 heterocycles. The fraction of sp³-hybridized carbons (Fsp3) is 0.167. The second-order valence-electron chi connectivity index (χ2n) is 2.10. The number of nitrogens with zero attached hydrogens (tertiary/aromatic N) is 1. The number of anilines is 1. The highest BCUT2D eigenvalue weighted by molar-refractivity contribution is 6.30. The fourth-order valence-electron chi connectivity index (χ4n) is 0.701. The predicted octanol–water partition coefficient (Wildman–Crippen LogP) is 0.760. The molecule has 0 spiro atoms. The Morgan fingerprint density at radius 2 is 2.27 bits per heavy atom. The second-order valence-corrected chi connectivity index (χ2v) is 2.51. The molecule has 0 aliphatic rings. The minimum Gasteiger partial charge on any atom is -0.395 e. The zero-order valence-electron chi connectivity index (χ0n) is 5.77. The van der Waals surface area contributed by atoms with Gasteiger partial charge in [-0.25, -0.2) is 0 Å². The first-order valence-electron chi connectivity index (χ1n) is 2.84. The van der Waals surface area contributed by atoms with Crippen molar-refractivity contribution in [2.45, 2.75) is 0 Å². The van der Waals surface area contributed by atoms with Gasteiger partial charge in [0.15, 0.2) is 0 Å². The van der Waals surface area contributed by atoms with E-state index >= 15 is 0 Å². The summed E-state index contributed by atoms with van der Waals surface area (Å²) in [6, 6.07) is 1.10. The van der Waals surface area contributed by atoms with Gasteiger partial charge in [-0.3, -0.25) is 9.36 Å². The van der Waals surface area contributed by atoms with Crippen LogP contribution in [0.5, 0.6) is 0 Å². The minimum atomic E-state index is -0.764. The van der Waals surface area contributed by atoms with Gasteiger partial charge < -0.3 is 5.73 Å². The van der Waals surface area contributed by atoms with Gasteiger partial charge in [-0.1, -0.05) is 11.6 Å². The molecule has 11 heavy (non-hydrogen) atoms. The third-order valence-electron chi connectivity index (χ3n) is 1.32. The summed E-state index contributed by atoms with van der Waals surface area (Å²) in [4.78, 5) is 10.9. The van der Waals surface area contributed by atoms with Crippen molar-refractivity contribution in [1.29, 1.82) is 0 Å². The highest BCUT2D eigenvalue weighted by Gasteiger charge is 2.06. The molecule has 0 atom stereocenters. The van der Waals surface area contributed by atoms with Gasteiger partial charge in [0, 0.05) is 7.05 Å². The maximum Gasteiger partial charge on any atom is 0.271 e. The first-order chi connectivity index (χ1) is 5.04. The van der Waals surface area contributed by atoms with Crippen LogP contribution in [-0.2, 0) is 7.05 Å². The van der Waals surface area contributed by atoms with Crippen molar-refractivity contribution in [3.8, 4) is 0 Å². The van der Waals surface area contributed by atoms with Crippen LogP contribution in [0.25, 0.3) is 0 Å². The van der Waals surface area contributed by atoms with Crippen molar-refractivity contribution in [3.63, 3.8) is 0 Å². The summed E-state index contributed by atoms with van der Waals surface area (Å²) >= 11 is 5.41. The molecule has 0 saturated heterocycles. The lowest BCUT2D eigenvalue weighted by Gasteiger charge is -2.02. The summed E-state index contributed by atoms with van der Waals surface area (Å²) in [5.41, 5.74) is 4.46. The van der Waals surface area contributed by atoms with Crippen LogP contribution in [0, 0.1) is 5.95 Å². The molecular weight excluding hydrogens is 171 g/mol. The van der Waals surface area contributed by atoms with E-state index in [4.69, 9.17) is 17.3 Å². The standard InChI is InChI=1S/C6H6ClFN2O/c1-10-5(8)4(9)2-3(7)6(10)11/h2H,9H2,1H3. The molecule has 1 aromatic heterocycles. The van der Waals surface area contributed by atoms with Gasteiger partial charge >= 0.3 is 0 Å². The van der Waals surface area contributed by atoms with E-state index in [-0.39, 0.29) is 10.7 Å². The highest BCUT2D eigenvalue weighted by Crippen LogP contribution is 2.10. The van der Waals surface area contributed by atoms with E-state index in [0.717, 1.165) is 10.6 Å². The Morgan fingerprint density at radius 1 is 1.73 bits per heavy atom. The molecular formula is C6H6ClFN2O. The molecule has 0 amide bonds. The Bertz CT molecular complexity index is 347. The molecule has 0 bridgehead atoms. The quantitative estimate of drug-likeness (QED) is 0.594. The largest absolute Gasteiger partial charge is 0.395 e. The Balaban J connectivity index is 3.59. The molecule has 0 unspecified atom stereocenters. The molecule has 0 aromatic carbocycles. The molecule has 3 nitrogen and oxygen atoms in total. The van der Waals surface area contributed by atoms with E-state index in [0.29, 0.717) is 0 Å². The molecule has 0 aliphatic carbocycles. The fourth-order valence-corrected chi connectivity index (χ4v) is 0.945. The lowest BCUT2D eigenvalue weighted by atomic mass is 10.4. The van der Waals surface area contributed by atoms with Crippen LogP contribution < -0.4 is 11.3 Å². The number of aromatic nitrogens is 1. The Morgan fingerprint density at radius 3 is 2.82 bits per heavy atom. The first-order valence-corrected chi connectivity index (χ1v) is 3.22. The van der Waals surface area contributed by atoms with Crippen LogP contribution in [0.4, 0.5) is 10.1 Å². The number of pyridine rings is 1. The van der Waals surface area contributed by atoms with Gasteiger partial charge in [-0.15, -0.1) is 0 Å². The zero-order valence-corrected chi connectivity index (χ0v) is 6.52. The van der Waals surface area contributed by atoms with Crippen molar-refractivity contribution in [1.82, 2.24) is 4.57 Å². The summed E-state index contributed by atoms with van der Waals surface area (Å²) in [7, 11) is 1.26. The number of nitrogen functional groups attached to an aromatic ring is 1. The normalized spacial score (nSPS) is 10.1. The summed E-state index contributed by atoms with van der Waals surface area (Å²) in [5, 5.41) is -0.0774. The van der Waals surface area contributed by atoms with Gasteiger partial charge in [-0.05, 0) is 6.07 Å². The number of hydrogen-bond donors (Lipinski definition) is 1. The minimum absolute atomic E-state index is 0.0774. The van der Waals surface area contributed by atoms with Gasteiger partial charge in [0.1, 0.15) is 5.02 Å². The molecule has 1 aromatic rings. The van der Waals surface area contributed by atoms with E-state index in [1.165, 1.54) is 7.05 Å². The Labute approximate surface area is 67.2 Å². The van der Waals surface area contributed by atoms with Crippen LogP contribution in [0.2, 0.25) is 5.02 Å². The maximum atomic E-state index is 12.8. The number of halogens is 2. The summed E-state index contributed by atoms with van der Waals surface area (Å²) in [6.45, 7) is 0. The van der Waals surface area contributed by atoms with Crippen molar-refractivity contribution >= 4 is 17.3 Å². The summed E-state index contributed by atoms with van der Waals surface area (Å²) < 4.78 is 13.5. The molecule has 1 rings (SSSR count). The van der Waals surface area contributed by atoms with E-state index in [1.807, 2.05) is 0 Å². The van der Waals surface area contributed by atoms with Crippen LogP contribution in [-0.4, -0.2) is 4.57 Å². The van der Waals surface area contributed by atoms with E-state index < -0.39 is 11.5 Å². The number of nitrogens with two attached hydrogens (primary N) is 1. The highest BCUT2D eigenvalue weighted by atomic mass is 35.5. The SMILES string of the molecule is Cn1c(F)c(N)cc(Cl)c1=O. The van der Waals surface area contributed by atoms with Gasteiger partial charge in [0.25, 0.3) is 5.56 Å². The first kappa shape index (κ1) is 8.07. The molecule has 0 aliphatic heterocycles. The van der Waals surface area contributed by atoms with Crippen molar-refractivity contribution in [2.75, 3.05) is 5.73 Å². The lowest BCUT2D eigenvalue weighted by molar-refractivity contribution is 0.521. The number of rotatable bonds is 0. The number of hydrogen-bond acceptors (Lipinski definition) is 2. The van der Waals surface area contributed by atoms with Crippen molar-refractivity contribution < 1.29 is 4.39 Å². The van der Waals surface area contributed by atoms with Crippen LogP contribution in [0.15, 0.2) is 10.9 Å². The zero-order chi connectivity index (χ0) is 8.59. The molecule has 60 valence electrons. The smallest absolute Gasteiger partial charge is 0.271 e. The van der Waals surface area contributed by atoms with Crippen molar-refractivity contribution in [3.05, 3.63) is 27.4 Å². The average Bonchev–Trinajstić information content (AvgIpc) is 1.97. The third-order valence-corrected chi connectivity index (χ3v) is 1.59. The summed E-state index contributed by atoms with van der Waals surface area (Å²) in [6.07, 6.45) is 0. The molecule has 0 fully saturated rings. The molecule has 2 N–H and O–H groups in total. The van der Waals surface area contributed by atoms with Crippen LogP contribution >= 0.6 is 11.6 Å². The Kier molecular flexibility index (Phi) is 1.87. The molecule has 0 radical (unpaired) electrons. The van der Waals surface area contributed by atoms with Gasteiger partial charge in [0.05, 0.1) is 5.69 Å². The predicted molar refractivity (Wildman–Crippen MR) is 41.1 cm³/mol. The summed E-state index contributed by atoms with van der Waals surface area (Å²) in [5.74, 6) is -0.764. The maximum absolute atomic E-state index is 12.8. The third kappa shape index (κ3) is 1.21. The van der Waals surface area contributed by atoms with Crippen LogP contribution in [0.1, 0.15) is 0 Å².